The summed E-state index contributed by atoms with van der Waals surface area (Å²) in [6, 6.07) is 5.09. The van der Waals surface area contributed by atoms with E-state index in [1.165, 1.54) is 0 Å². The Bertz CT molecular complexity index is 288. The normalized spacial score (nSPS) is 9.50. The Balaban J connectivity index is 2.69. The van der Waals surface area contributed by atoms with E-state index in [0.29, 0.717) is 17.4 Å². The lowest BCUT2D eigenvalue weighted by atomic mass is 10.4. The van der Waals surface area contributed by atoms with Crippen LogP contribution in [0, 0.1) is 0 Å². The third kappa shape index (κ3) is 2.51. The maximum Gasteiger partial charge on any atom is 0.225 e. The van der Waals surface area contributed by atoms with Crippen LogP contribution in [0.4, 0.5) is 5.82 Å². The molecule has 1 N–H and O–H groups in total. The highest BCUT2D eigenvalue weighted by Gasteiger charge is 1.99. The predicted octanol–water partition coefficient (Wildman–Crippen LogP) is 2.08. The molecule has 1 heterocycles. The van der Waals surface area contributed by atoms with E-state index in [-0.39, 0.29) is 5.91 Å². The molecule has 1 aromatic rings. The third-order valence-electron chi connectivity index (χ3n) is 1.30. The summed E-state index contributed by atoms with van der Waals surface area (Å²) in [6.07, 6.45) is 0.439. The molecule has 0 aliphatic rings. The van der Waals surface area contributed by atoms with Crippen LogP contribution in [-0.2, 0) is 4.79 Å². The Kier molecular flexibility index (Phi) is 3.05. The van der Waals surface area contributed by atoms with Gasteiger partial charge < -0.3 is 5.32 Å². The number of hydrogen-bond acceptors (Lipinski definition) is 2. The van der Waals surface area contributed by atoms with Crippen LogP contribution >= 0.6 is 11.6 Å². The number of aromatic nitrogens is 1. The molecule has 1 rings (SSSR count). The van der Waals surface area contributed by atoms with E-state index < -0.39 is 0 Å². The molecule has 0 spiro atoms. The van der Waals surface area contributed by atoms with Gasteiger partial charge in [-0.25, -0.2) is 4.98 Å². The van der Waals surface area contributed by atoms with E-state index >= 15 is 0 Å². The Labute approximate surface area is 75.8 Å². The molecule has 0 radical (unpaired) electrons. The average Bonchev–Trinajstić information content (AvgIpc) is 2.04. The molecule has 3 nitrogen and oxygen atoms in total. The van der Waals surface area contributed by atoms with Crippen LogP contribution in [0.1, 0.15) is 13.3 Å². The molecule has 0 saturated heterocycles. The van der Waals surface area contributed by atoms with Crippen molar-refractivity contribution in [1.82, 2.24) is 4.98 Å². The summed E-state index contributed by atoms with van der Waals surface area (Å²) in [7, 11) is 0. The van der Waals surface area contributed by atoms with E-state index in [4.69, 9.17) is 11.6 Å². The van der Waals surface area contributed by atoms with Crippen molar-refractivity contribution >= 4 is 23.3 Å². The molecular weight excluding hydrogens is 176 g/mol. The molecule has 12 heavy (non-hydrogen) atoms. The van der Waals surface area contributed by atoms with Crippen molar-refractivity contribution in [3.05, 3.63) is 23.4 Å². The molecule has 0 aliphatic carbocycles. The van der Waals surface area contributed by atoms with Crippen LogP contribution in [0.5, 0.6) is 0 Å². The van der Waals surface area contributed by atoms with Crippen LogP contribution < -0.4 is 5.32 Å². The van der Waals surface area contributed by atoms with Crippen molar-refractivity contribution < 1.29 is 4.79 Å². The van der Waals surface area contributed by atoms with Crippen molar-refractivity contribution in [1.29, 1.82) is 0 Å². The number of anilines is 1. The van der Waals surface area contributed by atoms with E-state index in [0.717, 1.165) is 0 Å². The van der Waals surface area contributed by atoms with Gasteiger partial charge in [-0.15, -0.1) is 0 Å². The summed E-state index contributed by atoms with van der Waals surface area (Å²) in [5.41, 5.74) is 0. The zero-order valence-corrected chi connectivity index (χ0v) is 7.43. The fourth-order valence-corrected chi connectivity index (χ4v) is 0.873. The molecule has 0 aliphatic heterocycles. The quantitative estimate of drug-likeness (QED) is 0.716. The zero-order valence-electron chi connectivity index (χ0n) is 6.67. The lowest BCUT2D eigenvalue weighted by molar-refractivity contribution is -0.115. The Morgan fingerprint density at radius 2 is 2.42 bits per heavy atom. The summed E-state index contributed by atoms with van der Waals surface area (Å²) >= 11 is 5.61. The number of carbonyl (C=O) groups excluding carboxylic acids is 1. The lowest BCUT2D eigenvalue weighted by Gasteiger charge is -2.01. The largest absolute Gasteiger partial charge is 0.311 e. The van der Waals surface area contributed by atoms with Crippen LogP contribution in [-0.4, -0.2) is 10.9 Å². The first-order valence-corrected chi connectivity index (χ1v) is 4.02. The van der Waals surface area contributed by atoms with Crippen LogP contribution in [0.15, 0.2) is 18.2 Å². The summed E-state index contributed by atoms with van der Waals surface area (Å²) < 4.78 is 0. The standard InChI is InChI=1S/C8H9ClN2O/c1-2-8(12)11-7-5-3-4-6(9)10-7/h3-5H,2H2,1H3,(H,10,11,12). The number of amides is 1. The summed E-state index contributed by atoms with van der Waals surface area (Å²) in [6.45, 7) is 1.78. The number of halogens is 1. The SMILES string of the molecule is CCC(=O)Nc1cccc(Cl)n1. The first-order chi connectivity index (χ1) is 5.72. The molecule has 0 unspecified atom stereocenters. The van der Waals surface area contributed by atoms with Gasteiger partial charge in [-0.05, 0) is 12.1 Å². The molecule has 1 aromatic heterocycles. The monoisotopic (exact) mass is 184 g/mol. The highest BCUT2D eigenvalue weighted by Crippen LogP contribution is 2.08. The fourth-order valence-electron chi connectivity index (χ4n) is 0.709. The minimum absolute atomic E-state index is 0.0650. The lowest BCUT2D eigenvalue weighted by Crippen LogP contribution is -2.10. The number of nitrogens with zero attached hydrogens (tertiary/aromatic N) is 1. The summed E-state index contributed by atoms with van der Waals surface area (Å²) in [5.74, 6) is 0.430. The second-order valence-electron chi connectivity index (χ2n) is 2.25. The van der Waals surface area contributed by atoms with Crippen LogP contribution in [0.25, 0.3) is 0 Å². The smallest absolute Gasteiger partial charge is 0.225 e. The van der Waals surface area contributed by atoms with Crippen molar-refractivity contribution in [3.63, 3.8) is 0 Å². The predicted molar refractivity (Wildman–Crippen MR) is 48.2 cm³/mol. The van der Waals surface area contributed by atoms with Gasteiger partial charge in [0.05, 0.1) is 0 Å². The fraction of sp³-hybridized carbons (Fsp3) is 0.250. The van der Waals surface area contributed by atoms with Gasteiger partial charge in [0.2, 0.25) is 5.91 Å². The van der Waals surface area contributed by atoms with E-state index in [2.05, 4.69) is 10.3 Å². The number of rotatable bonds is 2. The Hall–Kier alpha value is -1.09. The number of pyridine rings is 1. The van der Waals surface area contributed by atoms with Gasteiger partial charge in [0.1, 0.15) is 11.0 Å². The van der Waals surface area contributed by atoms with Gasteiger partial charge in [-0.1, -0.05) is 24.6 Å². The molecule has 64 valence electrons. The van der Waals surface area contributed by atoms with Crippen LogP contribution in [0.3, 0.4) is 0 Å². The van der Waals surface area contributed by atoms with Crippen LogP contribution in [0.2, 0.25) is 5.15 Å². The maximum atomic E-state index is 10.9. The molecule has 0 fully saturated rings. The molecule has 4 heteroatoms. The highest BCUT2D eigenvalue weighted by atomic mass is 35.5. The summed E-state index contributed by atoms with van der Waals surface area (Å²) in [5, 5.41) is 2.98. The first-order valence-electron chi connectivity index (χ1n) is 3.64. The molecule has 0 saturated carbocycles. The van der Waals surface area contributed by atoms with Crippen molar-refractivity contribution in [3.8, 4) is 0 Å². The first kappa shape index (κ1) is 9.00. The zero-order chi connectivity index (χ0) is 8.97. The summed E-state index contributed by atoms with van der Waals surface area (Å²) in [4.78, 5) is 14.8. The Morgan fingerprint density at radius 1 is 1.67 bits per heavy atom. The van der Waals surface area contributed by atoms with Gasteiger partial charge in [-0.3, -0.25) is 4.79 Å². The average molecular weight is 185 g/mol. The minimum Gasteiger partial charge on any atom is -0.311 e. The number of hydrogen-bond donors (Lipinski definition) is 1. The van der Waals surface area contributed by atoms with Gasteiger partial charge in [0, 0.05) is 6.42 Å². The van der Waals surface area contributed by atoms with E-state index in [1.807, 2.05) is 0 Å². The topological polar surface area (TPSA) is 42.0 Å². The third-order valence-corrected chi connectivity index (χ3v) is 1.51. The molecule has 1 amide bonds. The maximum absolute atomic E-state index is 10.9. The molecular formula is C8H9ClN2O. The Morgan fingerprint density at radius 3 is 3.00 bits per heavy atom. The van der Waals surface area contributed by atoms with Gasteiger partial charge in [-0.2, -0.15) is 0 Å². The highest BCUT2D eigenvalue weighted by molar-refractivity contribution is 6.29. The molecule has 0 bridgehead atoms. The van der Waals surface area contributed by atoms with Gasteiger partial charge in [0.15, 0.2) is 0 Å². The molecule has 0 aromatic carbocycles. The van der Waals surface area contributed by atoms with E-state index in [1.54, 1.807) is 25.1 Å². The number of nitrogens with one attached hydrogen (secondary N) is 1. The minimum atomic E-state index is -0.0650. The van der Waals surface area contributed by atoms with E-state index in [9.17, 15) is 4.79 Å². The number of carbonyl (C=O) groups is 1. The second-order valence-corrected chi connectivity index (χ2v) is 2.63. The van der Waals surface area contributed by atoms with Crippen molar-refractivity contribution in [2.45, 2.75) is 13.3 Å². The van der Waals surface area contributed by atoms with Gasteiger partial charge >= 0.3 is 0 Å². The second kappa shape index (κ2) is 4.07. The molecule has 0 atom stereocenters. The van der Waals surface area contributed by atoms with Crippen molar-refractivity contribution in [2.75, 3.05) is 5.32 Å². The van der Waals surface area contributed by atoms with Crippen molar-refractivity contribution in [2.24, 2.45) is 0 Å². The van der Waals surface area contributed by atoms with Gasteiger partial charge in [0.25, 0.3) is 0 Å².